The highest BCUT2D eigenvalue weighted by Gasteiger charge is 2.32. The van der Waals surface area contributed by atoms with Gasteiger partial charge in [-0.05, 0) is 39.0 Å². The Morgan fingerprint density at radius 1 is 1.24 bits per heavy atom. The minimum atomic E-state index is -0.515. The number of fused-ring (bicyclic) bond motifs is 1. The van der Waals surface area contributed by atoms with E-state index in [-0.39, 0.29) is 29.3 Å². The zero-order chi connectivity index (χ0) is 20.7. The molecular weight excluding hydrogens is 397 g/mol. The smallest absolute Gasteiger partial charge is 0.322 e. The fourth-order valence-corrected chi connectivity index (χ4v) is 4.25. The van der Waals surface area contributed by atoms with Crippen molar-refractivity contribution in [3.05, 3.63) is 40.9 Å². The summed E-state index contributed by atoms with van der Waals surface area (Å²) in [6, 6.07) is 3.87. The Labute approximate surface area is 174 Å². The molecule has 3 atom stereocenters. The van der Waals surface area contributed by atoms with Crippen LogP contribution in [0.2, 0.25) is 5.02 Å². The van der Waals surface area contributed by atoms with Gasteiger partial charge < -0.3 is 19.9 Å². The molecule has 2 amide bonds. The van der Waals surface area contributed by atoms with E-state index < -0.39 is 5.82 Å². The van der Waals surface area contributed by atoms with Crippen LogP contribution in [0.3, 0.4) is 0 Å². The maximum atomic E-state index is 13.4. The monoisotopic (exact) mass is 421 g/mol. The molecule has 7 nitrogen and oxygen atoms in total. The van der Waals surface area contributed by atoms with E-state index in [1.165, 1.54) is 18.2 Å². The number of benzene rings is 1. The second-order valence-electron chi connectivity index (χ2n) is 7.86. The second-order valence-corrected chi connectivity index (χ2v) is 8.26. The molecule has 29 heavy (non-hydrogen) atoms. The third-order valence-electron chi connectivity index (χ3n) is 5.41. The molecule has 0 bridgehead atoms. The average molecular weight is 422 g/mol. The number of carbonyl (C=O) groups is 1. The maximum absolute atomic E-state index is 13.4. The van der Waals surface area contributed by atoms with Crippen LogP contribution in [-0.4, -0.2) is 52.1 Å². The van der Waals surface area contributed by atoms with Gasteiger partial charge in [0.05, 0.1) is 53.9 Å². The lowest BCUT2D eigenvalue weighted by Gasteiger charge is -2.39. The van der Waals surface area contributed by atoms with Crippen molar-refractivity contribution in [3.8, 4) is 0 Å². The lowest BCUT2D eigenvalue weighted by atomic mass is 10.1. The quantitative estimate of drug-likeness (QED) is 0.802. The minimum Gasteiger partial charge on any atom is -0.372 e. The summed E-state index contributed by atoms with van der Waals surface area (Å²) in [5, 5.41) is 7.34. The Morgan fingerprint density at radius 3 is 2.66 bits per heavy atom. The predicted molar refractivity (Wildman–Crippen MR) is 110 cm³/mol. The van der Waals surface area contributed by atoms with Crippen molar-refractivity contribution in [3.63, 3.8) is 0 Å². The van der Waals surface area contributed by atoms with Crippen molar-refractivity contribution in [2.24, 2.45) is 0 Å². The van der Waals surface area contributed by atoms with E-state index in [2.05, 4.69) is 29.2 Å². The van der Waals surface area contributed by atoms with Crippen LogP contribution in [0.25, 0.3) is 0 Å². The van der Waals surface area contributed by atoms with Crippen LogP contribution in [-0.2, 0) is 17.8 Å². The molecule has 2 unspecified atom stereocenters. The Morgan fingerprint density at radius 2 is 1.97 bits per heavy atom. The molecule has 1 aromatic heterocycles. The van der Waals surface area contributed by atoms with E-state index in [1.807, 2.05) is 17.8 Å². The molecule has 1 saturated heterocycles. The van der Waals surface area contributed by atoms with E-state index in [9.17, 15) is 9.18 Å². The number of urea groups is 1. The normalized spacial score (nSPS) is 24.4. The molecule has 156 valence electrons. The number of hydrogen-bond acceptors (Lipinski definition) is 4. The van der Waals surface area contributed by atoms with Gasteiger partial charge in [0.15, 0.2) is 0 Å². The molecule has 1 fully saturated rings. The van der Waals surface area contributed by atoms with E-state index >= 15 is 0 Å². The van der Waals surface area contributed by atoms with Gasteiger partial charge in [0.25, 0.3) is 0 Å². The summed E-state index contributed by atoms with van der Waals surface area (Å²) in [5.41, 5.74) is 2.52. The maximum Gasteiger partial charge on any atom is 0.322 e. The molecule has 1 N–H and O–H groups in total. The second kappa shape index (κ2) is 7.84. The molecule has 0 spiro atoms. The van der Waals surface area contributed by atoms with Gasteiger partial charge in [-0.15, -0.1) is 0 Å². The zero-order valence-electron chi connectivity index (χ0n) is 16.7. The van der Waals surface area contributed by atoms with Gasteiger partial charge in [0.1, 0.15) is 5.82 Å². The van der Waals surface area contributed by atoms with E-state index in [0.717, 1.165) is 24.5 Å². The van der Waals surface area contributed by atoms with Crippen molar-refractivity contribution in [2.45, 2.75) is 52.1 Å². The first-order valence-electron chi connectivity index (χ1n) is 9.79. The summed E-state index contributed by atoms with van der Waals surface area (Å²) in [6.45, 7) is 8.75. The number of carbonyl (C=O) groups excluding carboxylic acids is 1. The van der Waals surface area contributed by atoms with Gasteiger partial charge in [0, 0.05) is 18.8 Å². The molecule has 0 aliphatic carbocycles. The van der Waals surface area contributed by atoms with Gasteiger partial charge in [-0.3, -0.25) is 4.68 Å². The molecule has 9 heteroatoms. The lowest BCUT2D eigenvalue weighted by molar-refractivity contribution is -0.00533. The Balaban J connectivity index is 1.53. The molecule has 2 aliphatic rings. The number of morpholine rings is 1. The number of hydrogen-bond donors (Lipinski definition) is 1. The molecule has 0 radical (unpaired) electrons. The van der Waals surface area contributed by atoms with Crippen molar-refractivity contribution in [1.29, 1.82) is 0 Å². The summed E-state index contributed by atoms with van der Waals surface area (Å²) < 4.78 is 21.2. The van der Waals surface area contributed by atoms with Crippen LogP contribution in [0.4, 0.5) is 20.6 Å². The topological polar surface area (TPSA) is 62.6 Å². The molecule has 4 rings (SSSR count). The van der Waals surface area contributed by atoms with Crippen LogP contribution in [0, 0.1) is 5.82 Å². The minimum absolute atomic E-state index is 0.0228. The van der Waals surface area contributed by atoms with Gasteiger partial charge in [0.2, 0.25) is 0 Å². The molecule has 2 aliphatic heterocycles. The first-order valence-corrected chi connectivity index (χ1v) is 10.2. The van der Waals surface area contributed by atoms with Gasteiger partial charge in [-0.25, -0.2) is 9.18 Å². The third-order valence-corrected chi connectivity index (χ3v) is 5.70. The van der Waals surface area contributed by atoms with Crippen molar-refractivity contribution < 1.29 is 13.9 Å². The van der Waals surface area contributed by atoms with Crippen LogP contribution in [0.1, 0.15) is 26.5 Å². The SMILES string of the molecule is CC1CN(c2cnn3c2CN(C(=O)Nc2ccc(F)c(Cl)c2)[C@@H](C)C3)CC(C)O1. The van der Waals surface area contributed by atoms with Crippen molar-refractivity contribution >= 4 is 29.0 Å². The average Bonchev–Trinajstić information content (AvgIpc) is 3.06. The molecule has 3 heterocycles. The number of rotatable bonds is 2. The van der Waals surface area contributed by atoms with Gasteiger partial charge >= 0.3 is 6.03 Å². The highest BCUT2D eigenvalue weighted by molar-refractivity contribution is 6.31. The number of nitrogens with one attached hydrogen (secondary N) is 1. The Bertz CT molecular complexity index is 910. The van der Waals surface area contributed by atoms with Crippen LogP contribution >= 0.6 is 11.6 Å². The van der Waals surface area contributed by atoms with E-state index in [1.54, 1.807) is 4.90 Å². The van der Waals surface area contributed by atoms with Crippen LogP contribution in [0.15, 0.2) is 24.4 Å². The number of anilines is 2. The molecular formula is C20H25ClFN5O2. The summed E-state index contributed by atoms with van der Waals surface area (Å²) >= 11 is 5.83. The zero-order valence-corrected chi connectivity index (χ0v) is 17.5. The highest BCUT2D eigenvalue weighted by atomic mass is 35.5. The summed E-state index contributed by atoms with van der Waals surface area (Å²) in [4.78, 5) is 17.0. The Hall–Kier alpha value is -2.32. The lowest BCUT2D eigenvalue weighted by Crippen LogP contribution is -2.48. The van der Waals surface area contributed by atoms with Crippen molar-refractivity contribution in [2.75, 3.05) is 23.3 Å². The third kappa shape index (κ3) is 4.04. The first kappa shape index (κ1) is 20.0. The molecule has 2 aromatic rings. The predicted octanol–water partition coefficient (Wildman–Crippen LogP) is 3.73. The largest absolute Gasteiger partial charge is 0.372 e. The van der Waals surface area contributed by atoms with Crippen LogP contribution in [0.5, 0.6) is 0 Å². The van der Waals surface area contributed by atoms with E-state index in [4.69, 9.17) is 16.3 Å². The summed E-state index contributed by atoms with van der Waals surface area (Å²) in [5.74, 6) is -0.515. The number of aromatic nitrogens is 2. The molecule has 1 aromatic carbocycles. The van der Waals surface area contributed by atoms with E-state index in [0.29, 0.717) is 18.8 Å². The fraction of sp³-hybridized carbons (Fsp3) is 0.500. The number of halogens is 2. The number of nitrogens with zero attached hydrogens (tertiary/aromatic N) is 4. The number of ether oxygens (including phenoxy) is 1. The summed E-state index contributed by atoms with van der Waals surface area (Å²) in [6.07, 6.45) is 2.16. The first-order chi connectivity index (χ1) is 13.8. The summed E-state index contributed by atoms with van der Waals surface area (Å²) in [7, 11) is 0. The van der Waals surface area contributed by atoms with Crippen molar-refractivity contribution in [1.82, 2.24) is 14.7 Å². The molecule has 0 saturated carbocycles. The van der Waals surface area contributed by atoms with Crippen LogP contribution < -0.4 is 10.2 Å². The fourth-order valence-electron chi connectivity index (χ4n) is 4.07. The standard InChI is InChI=1S/C20H25ClFN5O2/c1-12-8-27-19(18(7-23-27)25-9-13(2)29-14(3)10-25)11-26(12)20(28)24-15-4-5-17(22)16(21)6-15/h4-7,12-14H,8-11H2,1-3H3,(H,24,28)/t12-,13?,14?/m0/s1. The van der Waals surface area contributed by atoms with Gasteiger partial charge in [-0.1, -0.05) is 11.6 Å². The number of amides is 2. The highest BCUT2D eigenvalue weighted by Crippen LogP contribution is 2.30. The van der Waals surface area contributed by atoms with Gasteiger partial charge in [-0.2, -0.15) is 5.10 Å². The Kier molecular flexibility index (Phi) is 5.40.